The van der Waals surface area contributed by atoms with Crippen LogP contribution in [0.2, 0.25) is 0 Å². The summed E-state index contributed by atoms with van der Waals surface area (Å²) in [6, 6.07) is 5.09. The quantitative estimate of drug-likeness (QED) is 0.684. The Morgan fingerprint density at radius 2 is 1.79 bits per heavy atom. The molecule has 0 atom stereocenters. The Kier molecular flexibility index (Phi) is 7.81. The number of benzene rings is 1. The molecular formula is C20H33N3O3S2. The Balaban J connectivity index is 2.34. The zero-order valence-electron chi connectivity index (χ0n) is 17.6. The fourth-order valence-electron chi connectivity index (χ4n) is 3.19. The number of carbonyl (C=O) groups excluding carboxylic acids is 1. The third kappa shape index (κ3) is 5.87. The average Bonchev–Trinajstić information content (AvgIpc) is 3.14. The minimum absolute atomic E-state index is 0.0109. The molecule has 0 spiro atoms. The molecule has 1 aromatic rings. The van der Waals surface area contributed by atoms with Crippen LogP contribution >= 0.6 is 11.8 Å². The summed E-state index contributed by atoms with van der Waals surface area (Å²) in [7, 11) is -3.58. The standard InChI is InChI=1S/C20H33N3O3S2/c1-6-23(7-2)28(25,26)16-10-11-18(22-12-8-9-13-22)17(14-16)21-19(24)15-27-20(3,4)5/h10-11,14H,6-9,12-13,15H2,1-5H3,(H,21,24). The number of amides is 1. The number of thioether (sulfide) groups is 1. The van der Waals surface area contributed by atoms with Crippen molar-refractivity contribution in [3.63, 3.8) is 0 Å². The van der Waals surface area contributed by atoms with Gasteiger partial charge < -0.3 is 10.2 Å². The highest BCUT2D eigenvalue weighted by Gasteiger charge is 2.25. The van der Waals surface area contributed by atoms with Gasteiger partial charge >= 0.3 is 0 Å². The number of sulfonamides is 1. The van der Waals surface area contributed by atoms with Crippen LogP contribution in [0.3, 0.4) is 0 Å². The van der Waals surface area contributed by atoms with E-state index in [1.54, 1.807) is 23.9 Å². The molecule has 1 heterocycles. The molecule has 0 saturated carbocycles. The number of nitrogens with one attached hydrogen (secondary N) is 1. The van der Waals surface area contributed by atoms with E-state index in [4.69, 9.17) is 0 Å². The van der Waals surface area contributed by atoms with Gasteiger partial charge in [0.2, 0.25) is 15.9 Å². The van der Waals surface area contributed by atoms with Gasteiger partial charge in [0.1, 0.15) is 0 Å². The SMILES string of the molecule is CCN(CC)S(=O)(=O)c1ccc(N2CCCC2)c(NC(=O)CSC(C)(C)C)c1. The summed E-state index contributed by atoms with van der Waals surface area (Å²) < 4.78 is 27.3. The molecule has 1 aromatic carbocycles. The zero-order chi connectivity index (χ0) is 20.9. The molecule has 1 fully saturated rings. The summed E-state index contributed by atoms with van der Waals surface area (Å²) in [6.45, 7) is 12.5. The minimum atomic E-state index is -3.58. The van der Waals surface area contributed by atoms with Crippen molar-refractivity contribution >= 4 is 39.1 Å². The van der Waals surface area contributed by atoms with E-state index in [-0.39, 0.29) is 15.5 Å². The van der Waals surface area contributed by atoms with Crippen LogP contribution in [-0.2, 0) is 14.8 Å². The Morgan fingerprint density at radius 3 is 2.32 bits per heavy atom. The number of hydrogen-bond acceptors (Lipinski definition) is 5. The van der Waals surface area contributed by atoms with Crippen molar-refractivity contribution in [3.8, 4) is 0 Å². The molecule has 0 aromatic heterocycles. The molecule has 6 nitrogen and oxygen atoms in total. The van der Waals surface area contributed by atoms with Gasteiger partial charge in [-0.3, -0.25) is 4.79 Å². The molecular weight excluding hydrogens is 394 g/mol. The van der Waals surface area contributed by atoms with Crippen LogP contribution in [-0.4, -0.2) is 55.3 Å². The van der Waals surface area contributed by atoms with E-state index >= 15 is 0 Å². The summed E-state index contributed by atoms with van der Waals surface area (Å²) >= 11 is 1.57. The van der Waals surface area contributed by atoms with Crippen molar-refractivity contribution in [2.75, 3.05) is 42.1 Å². The summed E-state index contributed by atoms with van der Waals surface area (Å²) in [6.07, 6.45) is 2.21. The zero-order valence-corrected chi connectivity index (χ0v) is 19.3. The number of carbonyl (C=O) groups is 1. The predicted molar refractivity (Wildman–Crippen MR) is 119 cm³/mol. The molecule has 28 heavy (non-hydrogen) atoms. The first kappa shape index (κ1) is 23.0. The van der Waals surface area contributed by atoms with Gasteiger partial charge in [0, 0.05) is 30.9 Å². The first-order valence-electron chi connectivity index (χ1n) is 9.91. The van der Waals surface area contributed by atoms with E-state index in [0.29, 0.717) is 24.5 Å². The van der Waals surface area contributed by atoms with E-state index in [1.807, 2.05) is 19.9 Å². The first-order chi connectivity index (χ1) is 13.1. The van der Waals surface area contributed by atoms with Crippen molar-refractivity contribution in [1.82, 2.24) is 4.31 Å². The third-order valence-electron chi connectivity index (χ3n) is 4.67. The smallest absolute Gasteiger partial charge is 0.243 e. The van der Waals surface area contributed by atoms with Crippen LogP contribution in [0.25, 0.3) is 0 Å². The normalized spacial score (nSPS) is 15.3. The Labute approximate surface area is 174 Å². The lowest BCUT2D eigenvalue weighted by molar-refractivity contribution is -0.113. The van der Waals surface area contributed by atoms with E-state index in [9.17, 15) is 13.2 Å². The monoisotopic (exact) mass is 427 g/mol. The van der Waals surface area contributed by atoms with Crippen LogP contribution in [0.5, 0.6) is 0 Å². The second-order valence-corrected chi connectivity index (χ2v) is 11.7. The van der Waals surface area contributed by atoms with Crippen molar-refractivity contribution in [1.29, 1.82) is 0 Å². The lowest BCUT2D eigenvalue weighted by Crippen LogP contribution is -2.31. The van der Waals surface area contributed by atoms with Crippen molar-refractivity contribution in [2.24, 2.45) is 0 Å². The van der Waals surface area contributed by atoms with E-state index in [1.165, 1.54) is 4.31 Å². The topological polar surface area (TPSA) is 69.7 Å². The van der Waals surface area contributed by atoms with Crippen molar-refractivity contribution in [3.05, 3.63) is 18.2 Å². The maximum atomic E-state index is 12.9. The molecule has 158 valence electrons. The molecule has 8 heteroatoms. The van der Waals surface area contributed by atoms with Crippen LogP contribution < -0.4 is 10.2 Å². The highest BCUT2D eigenvalue weighted by atomic mass is 32.2. The molecule has 0 unspecified atom stereocenters. The summed E-state index contributed by atoms with van der Waals surface area (Å²) in [5.74, 6) is 0.216. The molecule has 1 amide bonds. The lowest BCUT2D eigenvalue weighted by Gasteiger charge is -2.24. The van der Waals surface area contributed by atoms with E-state index in [0.717, 1.165) is 31.6 Å². The highest BCUT2D eigenvalue weighted by Crippen LogP contribution is 2.33. The average molecular weight is 428 g/mol. The number of rotatable bonds is 8. The van der Waals surface area contributed by atoms with Crippen LogP contribution in [0.15, 0.2) is 23.1 Å². The summed E-state index contributed by atoms with van der Waals surface area (Å²) in [5.41, 5.74) is 1.47. The van der Waals surface area contributed by atoms with Crippen molar-refractivity contribution < 1.29 is 13.2 Å². The van der Waals surface area contributed by atoms with Gasteiger partial charge in [0.05, 0.1) is 22.0 Å². The van der Waals surface area contributed by atoms with Crippen molar-refractivity contribution in [2.45, 2.75) is 57.1 Å². The van der Waals surface area contributed by atoms with Gasteiger partial charge in [-0.2, -0.15) is 4.31 Å². The molecule has 1 aliphatic heterocycles. The molecule has 0 bridgehead atoms. The number of anilines is 2. The van der Waals surface area contributed by atoms with Gasteiger partial charge in [-0.15, -0.1) is 11.8 Å². The van der Waals surface area contributed by atoms with Gasteiger partial charge in [0.15, 0.2) is 0 Å². The Bertz CT molecular complexity index is 778. The third-order valence-corrected chi connectivity index (χ3v) is 7.99. The maximum Gasteiger partial charge on any atom is 0.243 e. The fourth-order valence-corrected chi connectivity index (χ4v) is 5.31. The van der Waals surface area contributed by atoms with Gasteiger partial charge in [0.25, 0.3) is 0 Å². The fraction of sp³-hybridized carbons (Fsp3) is 0.650. The Hall–Kier alpha value is -1.25. The molecule has 1 saturated heterocycles. The van der Waals surface area contributed by atoms with Crippen LogP contribution in [0.4, 0.5) is 11.4 Å². The van der Waals surface area contributed by atoms with Crippen LogP contribution in [0.1, 0.15) is 47.5 Å². The highest BCUT2D eigenvalue weighted by molar-refractivity contribution is 8.01. The first-order valence-corrected chi connectivity index (χ1v) is 12.3. The predicted octanol–water partition coefficient (Wildman–Crippen LogP) is 3.79. The Morgan fingerprint density at radius 1 is 1.18 bits per heavy atom. The lowest BCUT2D eigenvalue weighted by atomic mass is 10.2. The van der Waals surface area contributed by atoms with E-state index in [2.05, 4.69) is 31.0 Å². The number of hydrogen-bond donors (Lipinski definition) is 1. The van der Waals surface area contributed by atoms with Gasteiger partial charge in [-0.05, 0) is 31.0 Å². The second kappa shape index (κ2) is 9.50. The maximum absolute atomic E-state index is 12.9. The molecule has 1 aliphatic rings. The van der Waals surface area contributed by atoms with E-state index < -0.39 is 10.0 Å². The molecule has 0 radical (unpaired) electrons. The minimum Gasteiger partial charge on any atom is -0.370 e. The largest absolute Gasteiger partial charge is 0.370 e. The number of nitrogens with zero attached hydrogens (tertiary/aromatic N) is 2. The summed E-state index contributed by atoms with van der Waals surface area (Å²) in [5, 5.41) is 2.96. The molecule has 1 N–H and O–H groups in total. The second-order valence-electron chi connectivity index (χ2n) is 7.91. The van der Waals surface area contributed by atoms with Crippen LogP contribution in [0, 0.1) is 0 Å². The van der Waals surface area contributed by atoms with Gasteiger partial charge in [-0.25, -0.2) is 8.42 Å². The molecule has 0 aliphatic carbocycles. The van der Waals surface area contributed by atoms with Gasteiger partial charge in [-0.1, -0.05) is 34.6 Å². The summed E-state index contributed by atoms with van der Waals surface area (Å²) in [4.78, 5) is 15.0. The molecule has 2 rings (SSSR count).